The number of hydrogen-bond acceptors (Lipinski definition) is 2. The van der Waals surface area contributed by atoms with E-state index >= 15 is 0 Å². The van der Waals surface area contributed by atoms with Crippen LogP contribution < -0.4 is 0 Å². The molecule has 0 unspecified atom stereocenters. The summed E-state index contributed by atoms with van der Waals surface area (Å²) in [7, 11) is 0. The molecule has 0 aliphatic heterocycles. The second-order valence-corrected chi connectivity index (χ2v) is 4.55. The molecule has 0 aliphatic rings. The first-order valence-corrected chi connectivity index (χ1v) is 6.04. The molecule has 0 atom stereocenters. The molecule has 20 heavy (non-hydrogen) atoms. The molecule has 4 nitrogen and oxygen atoms in total. The number of benzene rings is 2. The quantitative estimate of drug-likeness (QED) is 0.778. The van der Waals surface area contributed by atoms with E-state index in [0.29, 0.717) is 11.0 Å². The minimum absolute atomic E-state index is 0.0972. The number of nitrogens with zero attached hydrogens (tertiary/aromatic N) is 2. The number of carboxylic acid groups (broad SMARTS) is 1. The lowest BCUT2D eigenvalue weighted by Crippen LogP contribution is -2.03. The number of rotatable bonds is 2. The van der Waals surface area contributed by atoms with E-state index in [2.05, 4.69) is 4.98 Å². The maximum absolute atomic E-state index is 14.1. The second-order valence-electron chi connectivity index (χ2n) is 4.55. The molecule has 0 aliphatic carbocycles. The smallest absolute Gasteiger partial charge is 0.337 e. The van der Waals surface area contributed by atoms with Gasteiger partial charge in [0, 0.05) is 0 Å². The third-order valence-electron chi connectivity index (χ3n) is 3.16. The maximum atomic E-state index is 14.1. The minimum atomic E-state index is -1.06. The molecule has 100 valence electrons. The predicted molar refractivity (Wildman–Crippen MR) is 72.7 cm³/mol. The highest BCUT2D eigenvalue weighted by Gasteiger charge is 2.15. The van der Waals surface area contributed by atoms with Crippen LogP contribution in [0, 0.1) is 12.7 Å². The van der Waals surface area contributed by atoms with Gasteiger partial charge in [-0.1, -0.05) is 12.1 Å². The van der Waals surface area contributed by atoms with Crippen LogP contribution >= 0.6 is 0 Å². The third kappa shape index (κ3) is 1.84. The number of halogens is 1. The van der Waals surface area contributed by atoms with Crippen molar-refractivity contribution in [3.05, 3.63) is 59.7 Å². The van der Waals surface area contributed by atoms with Crippen molar-refractivity contribution in [2.45, 2.75) is 6.92 Å². The van der Waals surface area contributed by atoms with Crippen LogP contribution in [0.25, 0.3) is 16.7 Å². The van der Waals surface area contributed by atoms with Crippen LogP contribution in [-0.2, 0) is 0 Å². The SMILES string of the molecule is Cc1ccc(-n2cnc3cccc(C(=O)O)c32)c(F)c1. The van der Waals surface area contributed by atoms with E-state index in [1.54, 1.807) is 31.2 Å². The Bertz CT molecular complexity index is 824. The zero-order valence-electron chi connectivity index (χ0n) is 10.7. The molecule has 3 rings (SSSR count). The Balaban J connectivity index is 2.34. The number of imidazole rings is 1. The number of aromatic carboxylic acids is 1. The van der Waals surface area contributed by atoms with Crippen molar-refractivity contribution >= 4 is 17.0 Å². The van der Waals surface area contributed by atoms with Crippen LogP contribution in [0.5, 0.6) is 0 Å². The number of hydrogen-bond donors (Lipinski definition) is 1. The van der Waals surface area contributed by atoms with E-state index in [1.807, 2.05) is 0 Å². The molecule has 1 aromatic heterocycles. The lowest BCUT2D eigenvalue weighted by Gasteiger charge is -2.08. The van der Waals surface area contributed by atoms with E-state index < -0.39 is 11.8 Å². The van der Waals surface area contributed by atoms with E-state index in [9.17, 15) is 14.3 Å². The molecule has 1 N–H and O–H groups in total. The van der Waals surface area contributed by atoms with Crippen LogP contribution in [0.4, 0.5) is 4.39 Å². The molecule has 3 aromatic rings. The van der Waals surface area contributed by atoms with Crippen molar-refractivity contribution in [3.63, 3.8) is 0 Å². The summed E-state index contributed by atoms with van der Waals surface area (Å²) in [5.41, 5.74) is 2.09. The van der Waals surface area contributed by atoms with E-state index in [4.69, 9.17) is 0 Å². The minimum Gasteiger partial charge on any atom is -0.478 e. The Morgan fingerprint density at radius 2 is 2.10 bits per heavy atom. The molecule has 0 spiro atoms. The summed E-state index contributed by atoms with van der Waals surface area (Å²) in [6, 6.07) is 9.59. The molecule has 0 amide bonds. The van der Waals surface area contributed by atoms with Crippen molar-refractivity contribution in [3.8, 4) is 5.69 Å². The number of para-hydroxylation sites is 1. The molecule has 2 aromatic carbocycles. The van der Waals surface area contributed by atoms with Gasteiger partial charge in [0.25, 0.3) is 0 Å². The van der Waals surface area contributed by atoms with Gasteiger partial charge in [0.2, 0.25) is 0 Å². The van der Waals surface area contributed by atoms with Crippen LogP contribution in [-0.4, -0.2) is 20.6 Å². The lowest BCUT2D eigenvalue weighted by atomic mass is 10.1. The van der Waals surface area contributed by atoms with Crippen molar-refractivity contribution in [1.82, 2.24) is 9.55 Å². The van der Waals surface area contributed by atoms with Crippen LogP contribution in [0.2, 0.25) is 0 Å². The standard InChI is InChI=1S/C15H11FN2O2/c1-9-5-6-13(11(16)7-9)18-8-17-12-4-2-3-10(14(12)18)15(19)20/h2-8H,1H3,(H,19,20). The first-order valence-electron chi connectivity index (χ1n) is 6.04. The van der Waals surface area contributed by atoms with E-state index in [-0.39, 0.29) is 11.3 Å². The average Bonchev–Trinajstić information content (AvgIpc) is 2.82. The summed E-state index contributed by atoms with van der Waals surface area (Å²) < 4.78 is 15.5. The Labute approximate surface area is 114 Å². The molecule has 0 saturated heterocycles. The van der Waals surface area contributed by atoms with Gasteiger partial charge in [0.1, 0.15) is 12.1 Å². The largest absolute Gasteiger partial charge is 0.478 e. The number of aromatic nitrogens is 2. The van der Waals surface area contributed by atoms with E-state index in [1.165, 1.54) is 23.0 Å². The van der Waals surface area contributed by atoms with Crippen molar-refractivity contribution in [1.29, 1.82) is 0 Å². The molecule has 0 bridgehead atoms. The summed E-state index contributed by atoms with van der Waals surface area (Å²) in [5, 5.41) is 9.25. The Kier molecular flexibility index (Phi) is 2.75. The number of carbonyl (C=O) groups is 1. The lowest BCUT2D eigenvalue weighted by molar-refractivity contribution is 0.0698. The molecular weight excluding hydrogens is 259 g/mol. The van der Waals surface area contributed by atoms with Gasteiger partial charge < -0.3 is 5.11 Å². The van der Waals surface area contributed by atoms with Gasteiger partial charge in [0.15, 0.2) is 0 Å². The monoisotopic (exact) mass is 270 g/mol. The molecular formula is C15H11FN2O2. The predicted octanol–water partition coefficient (Wildman–Crippen LogP) is 3.17. The highest BCUT2D eigenvalue weighted by atomic mass is 19.1. The summed E-state index contributed by atoms with van der Waals surface area (Å²) in [6.45, 7) is 1.79. The fraction of sp³-hybridized carbons (Fsp3) is 0.0667. The van der Waals surface area contributed by atoms with Crippen molar-refractivity contribution in [2.75, 3.05) is 0 Å². The van der Waals surface area contributed by atoms with Crippen LogP contribution in [0.3, 0.4) is 0 Å². The van der Waals surface area contributed by atoms with Gasteiger partial charge in [-0.15, -0.1) is 0 Å². The highest BCUT2D eigenvalue weighted by Crippen LogP contribution is 2.24. The van der Waals surface area contributed by atoms with Crippen LogP contribution in [0.1, 0.15) is 15.9 Å². The first-order chi connectivity index (χ1) is 9.58. The molecule has 0 saturated carbocycles. The van der Waals surface area contributed by atoms with Crippen LogP contribution in [0.15, 0.2) is 42.7 Å². The van der Waals surface area contributed by atoms with Gasteiger partial charge in [-0.05, 0) is 36.8 Å². The topological polar surface area (TPSA) is 55.1 Å². The van der Waals surface area contributed by atoms with Gasteiger partial charge in [-0.2, -0.15) is 0 Å². The average molecular weight is 270 g/mol. The van der Waals surface area contributed by atoms with Gasteiger partial charge >= 0.3 is 5.97 Å². The zero-order chi connectivity index (χ0) is 14.3. The first kappa shape index (κ1) is 12.3. The summed E-state index contributed by atoms with van der Waals surface area (Å²) >= 11 is 0. The molecule has 5 heteroatoms. The maximum Gasteiger partial charge on any atom is 0.337 e. The van der Waals surface area contributed by atoms with Crippen molar-refractivity contribution < 1.29 is 14.3 Å². The number of carboxylic acids is 1. The molecule has 0 radical (unpaired) electrons. The summed E-state index contributed by atoms with van der Waals surface area (Å²) in [5.74, 6) is -1.48. The number of aryl methyl sites for hydroxylation is 1. The normalized spacial score (nSPS) is 10.9. The van der Waals surface area contributed by atoms with Crippen molar-refractivity contribution in [2.24, 2.45) is 0 Å². The molecule has 1 heterocycles. The van der Waals surface area contributed by atoms with Gasteiger partial charge in [-0.3, -0.25) is 4.57 Å². The second kappa shape index (κ2) is 4.45. The van der Waals surface area contributed by atoms with Gasteiger partial charge in [0.05, 0.1) is 22.3 Å². The summed E-state index contributed by atoms with van der Waals surface area (Å²) in [6.07, 6.45) is 1.44. The fourth-order valence-electron chi connectivity index (χ4n) is 2.23. The fourth-order valence-corrected chi connectivity index (χ4v) is 2.23. The zero-order valence-corrected chi connectivity index (χ0v) is 10.7. The summed E-state index contributed by atoms with van der Waals surface area (Å²) in [4.78, 5) is 15.4. The Morgan fingerprint density at radius 3 is 2.80 bits per heavy atom. The number of fused-ring (bicyclic) bond motifs is 1. The van der Waals surface area contributed by atoms with Gasteiger partial charge in [-0.25, -0.2) is 14.2 Å². The molecule has 0 fully saturated rings. The Morgan fingerprint density at radius 1 is 1.30 bits per heavy atom. The van der Waals surface area contributed by atoms with E-state index in [0.717, 1.165) is 5.56 Å². The Hall–Kier alpha value is -2.69. The highest BCUT2D eigenvalue weighted by molar-refractivity contribution is 6.01. The third-order valence-corrected chi connectivity index (χ3v) is 3.16.